The Hall–Kier alpha value is -2.89. The van der Waals surface area contributed by atoms with Crippen LogP contribution in [0.25, 0.3) is 0 Å². The van der Waals surface area contributed by atoms with E-state index in [1.165, 1.54) is 18.9 Å². The predicted octanol–water partition coefficient (Wildman–Crippen LogP) is 0.496. The van der Waals surface area contributed by atoms with E-state index in [-0.39, 0.29) is 11.8 Å². The molecule has 142 valence electrons. The number of hydrogen-bond acceptors (Lipinski definition) is 8. The van der Waals surface area contributed by atoms with Crippen molar-refractivity contribution >= 4 is 22.0 Å². The maximum Gasteiger partial charge on any atom is 0.335 e. The lowest BCUT2D eigenvalue weighted by molar-refractivity contribution is 0.256. The van der Waals surface area contributed by atoms with Crippen molar-refractivity contribution in [2.45, 2.75) is 19.6 Å². The Labute approximate surface area is 150 Å². The molecule has 2 aromatic rings. The van der Waals surface area contributed by atoms with E-state index in [2.05, 4.69) is 20.4 Å². The average Bonchev–Trinajstić information content (AvgIpc) is 2.78. The lowest BCUT2D eigenvalue weighted by Gasteiger charge is -2.09. The summed E-state index contributed by atoms with van der Waals surface area (Å²) in [4.78, 5) is 19.9. The summed E-state index contributed by atoms with van der Waals surface area (Å²) in [5.41, 5.74) is 1.40. The van der Waals surface area contributed by atoms with Crippen LogP contribution in [0.3, 0.4) is 0 Å². The van der Waals surface area contributed by atoms with E-state index < -0.39 is 21.8 Å². The molecule has 0 atom stereocenters. The van der Waals surface area contributed by atoms with Gasteiger partial charge in [-0.05, 0) is 13.8 Å². The van der Waals surface area contributed by atoms with Crippen molar-refractivity contribution in [3.8, 4) is 11.8 Å². The number of amides is 2. The number of carbonyl (C=O) groups excluding carboxylic acids is 1. The number of anilines is 1. The van der Waals surface area contributed by atoms with Crippen LogP contribution in [0.15, 0.2) is 6.07 Å². The molecular weight excluding hydrogens is 364 g/mol. The van der Waals surface area contributed by atoms with E-state index in [9.17, 15) is 13.2 Å². The summed E-state index contributed by atoms with van der Waals surface area (Å²) in [6.45, 7) is 3.34. The van der Waals surface area contributed by atoms with E-state index in [0.29, 0.717) is 22.8 Å². The maximum atomic E-state index is 12.3. The van der Waals surface area contributed by atoms with Gasteiger partial charge in [0.25, 0.3) is 0 Å². The number of nitrogens with zero attached hydrogens (tertiary/aromatic N) is 4. The molecule has 2 heterocycles. The summed E-state index contributed by atoms with van der Waals surface area (Å²) < 4.78 is 38.0. The van der Waals surface area contributed by atoms with Crippen molar-refractivity contribution in [2.24, 2.45) is 7.05 Å². The molecule has 26 heavy (non-hydrogen) atoms. The molecule has 2 N–H and O–H groups in total. The average molecular weight is 384 g/mol. The molecule has 0 aromatic carbocycles. The van der Waals surface area contributed by atoms with Crippen LogP contribution in [0, 0.1) is 13.8 Å². The third-order valence-corrected chi connectivity index (χ3v) is 4.50. The van der Waals surface area contributed by atoms with Crippen LogP contribution in [-0.2, 0) is 22.8 Å². The fourth-order valence-corrected chi connectivity index (χ4v) is 3.41. The number of hydrogen-bond donors (Lipinski definition) is 2. The molecule has 0 aliphatic rings. The van der Waals surface area contributed by atoms with Gasteiger partial charge in [-0.1, -0.05) is 0 Å². The van der Waals surface area contributed by atoms with Crippen molar-refractivity contribution < 1.29 is 22.7 Å². The minimum absolute atomic E-state index is 0.0790. The van der Waals surface area contributed by atoms with Crippen molar-refractivity contribution in [1.82, 2.24) is 24.5 Å². The van der Waals surface area contributed by atoms with Crippen molar-refractivity contribution in [3.05, 3.63) is 23.0 Å². The van der Waals surface area contributed by atoms with Gasteiger partial charge in [0, 0.05) is 18.8 Å². The smallest absolute Gasteiger partial charge is 0.335 e. The van der Waals surface area contributed by atoms with Gasteiger partial charge in [0.2, 0.25) is 27.7 Å². The molecule has 0 radical (unpaired) electrons. The third-order valence-electron chi connectivity index (χ3n) is 3.33. The molecule has 0 spiro atoms. The van der Waals surface area contributed by atoms with Gasteiger partial charge in [0.1, 0.15) is 5.75 Å². The van der Waals surface area contributed by atoms with Gasteiger partial charge in [-0.2, -0.15) is 10.1 Å². The highest BCUT2D eigenvalue weighted by atomic mass is 32.2. The van der Waals surface area contributed by atoms with Gasteiger partial charge in [-0.3, -0.25) is 5.32 Å². The first-order valence-electron chi connectivity index (χ1n) is 7.42. The minimum Gasteiger partial charge on any atom is -0.481 e. The number of urea groups is 1. The summed E-state index contributed by atoms with van der Waals surface area (Å²) >= 11 is 0. The summed E-state index contributed by atoms with van der Waals surface area (Å²) in [7, 11) is 0.454. The first-order chi connectivity index (χ1) is 12.1. The number of ether oxygens (including phenoxy) is 2. The summed E-state index contributed by atoms with van der Waals surface area (Å²) in [6, 6.07) is 0.579. The fourth-order valence-electron chi connectivity index (χ4n) is 2.30. The fraction of sp³-hybridized carbons (Fsp3) is 0.429. The lowest BCUT2D eigenvalue weighted by Crippen LogP contribution is -2.35. The highest BCUT2D eigenvalue weighted by molar-refractivity contribution is 7.89. The molecular formula is C14H20N6O5S. The van der Waals surface area contributed by atoms with Crippen molar-refractivity contribution in [1.29, 1.82) is 0 Å². The zero-order valence-corrected chi connectivity index (χ0v) is 15.8. The largest absolute Gasteiger partial charge is 0.481 e. The Kier molecular flexibility index (Phi) is 5.65. The molecule has 0 aliphatic heterocycles. The summed E-state index contributed by atoms with van der Waals surface area (Å²) in [5, 5.41) is 6.37. The number of aryl methyl sites for hydroxylation is 3. The van der Waals surface area contributed by atoms with Crippen LogP contribution in [0.2, 0.25) is 0 Å². The number of rotatable bonds is 6. The SMILES string of the molecule is COc1cc(C)nc(NC(=O)NS(=O)(=O)Cc2c(C)nn(C)c2OC)n1. The Morgan fingerprint density at radius 3 is 2.54 bits per heavy atom. The highest BCUT2D eigenvalue weighted by Gasteiger charge is 2.23. The van der Waals surface area contributed by atoms with Crippen LogP contribution >= 0.6 is 0 Å². The normalized spacial score (nSPS) is 11.1. The van der Waals surface area contributed by atoms with Gasteiger partial charge in [0.05, 0.1) is 25.5 Å². The zero-order chi connectivity index (χ0) is 19.5. The van der Waals surface area contributed by atoms with Gasteiger partial charge in [-0.25, -0.2) is 27.6 Å². The molecule has 2 rings (SSSR count). The van der Waals surface area contributed by atoms with Gasteiger partial charge < -0.3 is 9.47 Å². The van der Waals surface area contributed by atoms with Gasteiger partial charge in [-0.15, -0.1) is 0 Å². The van der Waals surface area contributed by atoms with Crippen molar-refractivity contribution in [2.75, 3.05) is 19.5 Å². The van der Waals surface area contributed by atoms with Crippen LogP contribution in [0.5, 0.6) is 11.8 Å². The van der Waals surface area contributed by atoms with Crippen LogP contribution in [-0.4, -0.2) is 48.4 Å². The molecule has 0 bridgehead atoms. The number of aromatic nitrogens is 4. The van der Waals surface area contributed by atoms with Crippen LogP contribution < -0.4 is 19.5 Å². The molecule has 0 aliphatic carbocycles. The number of nitrogens with one attached hydrogen (secondary N) is 2. The Morgan fingerprint density at radius 2 is 1.92 bits per heavy atom. The molecule has 2 amide bonds. The maximum absolute atomic E-state index is 12.3. The van der Waals surface area contributed by atoms with Crippen LogP contribution in [0.4, 0.5) is 10.7 Å². The molecule has 0 saturated carbocycles. The number of methoxy groups -OCH3 is 2. The minimum atomic E-state index is -4.00. The van der Waals surface area contributed by atoms with Gasteiger partial charge in [0.15, 0.2) is 0 Å². The Bertz CT molecular complexity index is 924. The van der Waals surface area contributed by atoms with E-state index in [1.807, 2.05) is 4.72 Å². The predicted molar refractivity (Wildman–Crippen MR) is 92.6 cm³/mol. The monoisotopic (exact) mass is 384 g/mol. The Morgan fingerprint density at radius 1 is 1.23 bits per heavy atom. The van der Waals surface area contributed by atoms with E-state index in [1.54, 1.807) is 27.0 Å². The summed E-state index contributed by atoms with van der Waals surface area (Å²) in [6.07, 6.45) is 0. The standard InChI is InChI=1S/C14H20N6O5S/c1-8-6-11(24-4)16-13(15-8)17-14(21)19-26(22,23)7-10-9(2)18-20(3)12(10)25-5/h6H,7H2,1-5H3,(H2,15,16,17,19,21). The van der Waals surface area contributed by atoms with E-state index in [4.69, 9.17) is 9.47 Å². The number of sulfonamides is 1. The zero-order valence-electron chi connectivity index (χ0n) is 15.0. The van der Waals surface area contributed by atoms with E-state index >= 15 is 0 Å². The third kappa shape index (κ3) is 4.59. The quantitative estimate of drug-likeness (QED) is 0.734. The second kappa shape index (κ2) is 7.56. The molecule has 0 saturated heterocycles. The van der Waals surface area contributed by atoms with Crippen molar-refractivity contribution in [3.63, 3.8) is 0 Å². The molecule has 2 aromatic heterocycles. The Balaban J connectivity index is 2.12. The van der Waals surface area contributed by atoms with Gasteiger partial charge >= 0.3 is 6.03 Å². The van der Waals surface area contributed by atoms with Crippen LogP contribution in [0.1, 0.15) is 17.0 Å². The molecule has 0 fully saturated rings. The molecule has 12 heteroatoms. The second-order valence-corrected chi connectivity index (χ2v) is 7.11. The molecule has 11 nitrogen and oxygen atoms in total. The molecule has 0 unspecified atom stereocenters. The first-order valence-corrected chi connectivity index (χ1v) is 9.08. The second-order valence-electron chi connectivity index (χ2n) is 5.39. The number of carbonyl (C=O) groups is 1. The van der Waals surface area contributed by atoms with E-state index in [0.717, 1.165) is 0 Å². The summed E-state index contributed by atoms with van der Waals surface area (Å²) in [5.74, 6) is -0.00235. The highest BCUT2D eigenvalue weighted by Crippen LogP contribution is 2.23. The topological polar surface area (TPSA) is 137 Å². The first kappa shape index (κ1) is 19.4. The lowest BCUT2D eigenvalue weighted by atomic mass is 10.3.